The number of allylic oxidation sites excluding steroid dienone is 1. The van der Waals surface area contributed by atoms with Crippen molar-refractivity contribution in [1.82, 2.24) is 20.2 Å². The first-order valence-corrected chi connectivity index (χ1v) is 12.8. The number of carbonyl (C=O) groups excluding carboxylic acids is 1. The van der Waals surface area contributed by atoms with Crippen LogP contribution in [0.5, 0.6) is 5.75 Å². The van der Waals surface area contributed by atoms with Gasteiger partial charge in [-0.15, -0.1) is 0 Å². The molecule has 9 heteroatoms. The lowest BCUT2D eigenvalue weighted by molar-refractivity contribution is -0.0499. The maximum atomic E-state index is 13.1. The van der Waals surface area contributed by atoms with Gasteiger partial charge in [-0.05, 0) is 55.7 Å². The molecule has 0 spiro atoms. The Labute approximate surface area is 221 Å². The molecule has 2 heterocycles. The summed E-state index contributed by atoms with van der Waals surface area (Å²) in [4.78, 5) is 26.3. The number of nitrogens with zero attached hydrogens (tertiary/aromatic N) is 4. The van der Waals surface area contributed by atoms with Gasteiger partial charge in [-0.1, -0.05) is 42.0 Å². The van der Waals surface area contributed by atoms with Crippen molar-refractivity contribution in [3.63, 3.8) is 0 Å². The molecular weight excluding hydrogens is 488 g/mol. The molecule has 1 aliphatic carbocycles. The summed E-state index contributed by atoms with van der Waals surface area (Å²) in [5, 5.41) is 2.99. The smallest absolute Gasteiger partial charge is 0.387 e. The Morgan fingerprint density at radius 3 is 2.66 bits per heavy atom. The second-order valence-corrected chi connectivity index (χ2v) is 9.88. The molecule has 0 radical (unpaired) electrons. The molecule has 1 N–H and O–H groups in total. The van der Waals surface area contributed by atoms with E-state index in [2.05, 4.69) is 62.2 Å². The van der Waals surface area contributed by atoms with Gasteiger partial charge in [0.25, 0.3) is 0 Å². The molecule has 2 amide bonds. The van der Waals surface area contributed by atoms with Crippen LogP contribution in [0.1, 0.15) is 47.8 Å². The molecule has 198 valence electrons. The van der Waals surface area contributed by atoms with Crippen molar-refractivity contribution in [2.75, 3.05) is 24.5 Å². The van der Waals surface area contributed by atoms with E-state index in [9.17, 15) is 13.6 Å². The molecule has 1 aromatic heterocycles. The number of nitrogens with one attached hydrogen (secondary N) is 1. The fourth-order valence-corrected chi connectivity index (χ4v) is 5.08. The van der Waals surface area contributed by atoms with Crippen LogP contribution in [0.15, 0.2) is 54.9 Å². The zero-order valence-corrected chi connectivity index (χ0v) is 21.7. The number of hydrogen-bond acceptors (Lipinski definition) is 5. The lowest BCUT2D eigenvalue weighted by atomic mass is 10.0. The van der Waals surface area contributed by atoms with Gasteiger partial charge in [0.1, 0.15) is 17.9 Å². The average Bonchev–Trinajstić information content (AvgIpc) is 3.33. The molecule has 1 aliphatic heterocycles. The van der Waals surface area contributed by atoms with Crippen LogP contribution in [-0.2, 0) is 6.42 Å². The van der Waals surface area contributed by atoms with Crippen LogP contribution in [0, 0.1) is 6.92 Å². The van der Waals surface area contributed by atoms with Crippen LogP contribution in [0.25, 0.3) is 11.6 Å². The van der Waals surface area contributed by atoms with E-state index in [0.717, 1.165) is 23.5 Å². The van der Waals surface area contributed by atoms with Crippen molar-refractivity contribution in [3.05, 3.63) is 82.8 Å². The summed E-state index contributed by atoms with van der Waals surface area (Å²) in [6, 6.07) is 14.3. The Morgan fingerprint density at radius 1 is 1.13 bits per heavy atom. The number of hydrogen-bond donors (Lipinski definition) is 1. The minimum absolute atomic E-state index is 0.0583. The van der Waals surface area contributed by atoms with Crippen LogP contribution in [0.3, 0.4) is 0 Å². The zero-order chi connectivity index (χ0) is 26.8. The summed E-state index contributed by atoms with van der Waals surface area (Å²) in [5.41, 5.74) is 6.40. The summed E-state index contributed by atoms with van der Waals surface area (Å²) in [6.07, 6.45) is 4.58. The average molecular weight is 520 g/mol. The number of aromatic nitrogens is 2. The first kappa shape index (κ1) is 25.6. The quantitative estimate of drug-likeness (QED) is 0.468. The van der Waals surface area contributed by atoms with Crippen LogP contribution in [0.2, 0.25) is 0 Å². The van der Waals surface area contributed by atoms with Crippen molar-refractivity contribution in [2.24, 2.45) is 0 Å². The number of rotatable bonds is 6. The number of ether oxygens (including phenoxy) is 1. The van der Waals surface area contributed by atoms with E-state index in [4.69, 9.17) is 0 Å². The fraction of sp³-hybridized carbons (Fsp3) is 0.345. The minimum Gasteiger partial charge on any atom is -0.435 e. The summed E-state index contributed by atoms with van der Waals surface area (Å²) in [6.45, 7) is 4.83. The highest BCUT2D eigenvalue weighted by Gasteiger charge is 2.31. The molecule has 3 aromatic rings. The first-order valence-electron chi connectivity index (χ1n) is 12.8. The van der Waals surface area contributed by atoms with Crippen LogP contribution < -0.4 is 15.0 Å². The molecule has 2 atom stereocenters. The number of alkyl halides is 2. The predicted molar refractivity (Wildman–Crippen MR) is 143 cm³/mol. The summed E-state index contributed by atoms with van der Waals surface area (Å²) in [5.74, 6) is 0.964. The monoisotopic (exact) mass is 519 g/mol. The molecule has 1 saturated heterocycles. The minimum atomic E-state index is -2.90. The largest absolute Gasteiger partial charge is 0.435 e. The Bertz CT molecular complexity index is 1350. The number of carbonyl (C=O) groups is 1. The van der Waals surface area contributed by atoms with Gasteiger partial charge >= 0.3 is 12.6 Å². The molecule has 0 bridgehead atoms. The topological polar surface area (TPSA) is 70.6 Å². The van der Waals surface area contributed by atoms with Gasteiger partial charge in [-0.2, -0.15) is 8.78 Å². The fourth-order valence-electron chi connectivity index (χ4n) is 5.08. The number of piperazine rings is 1. The number of halogens is 2. The Balaban J connectivity index is 1.25. The molecular formula is C29H31F2N5O2. The van der Waals surface area contributed by atoms with E-state index in [-0.39, 0.29) is 23.9 Å². The van der Waals surface area contributed by atoms with Gasteiger partial charge in [-0.25, -0.2) is 14.8 Å². The van der Waals surface area contributed by atoms with Crippen molar-refractivity contribution in [2.45, 2.75) is 45.9 Å². The van der Waals surface area contributed by atoms with Crippen LogP contribution in [0.4, 0.5) is 19.4 Å². The number of fused-ring (bicyclic) bond motifs is 1. The Hall–Kier alpha value is -4.01. The van der Waals surface area contributed by atoms with Crippen LogP contribution >= 0.6 is 0 Å². The normalized spacial score (nSPS) is 17.7. The molecule has 2 aromatic carbocycles. The lowest BCUT2D eigenvalue weighted by Gasteiger charge is -2.41. The Kier molecular flexibility index (Phi) is 7.26. The predicted octanol–water partition coefficient (Wildman–Crippen LogP) is 5.46. The highest BCUT2D eigenvalue weighted by Crippen LogP contribution is 2.35. The molecule has 38 heavy (non-hydrogen) atoms. The number of anilines is 1. The lowest BCUT2D eigenvalue weighted by Crippen LogP contribution is -2.57. The first-order chi connectivity index (χ1) is 18.3. The second-order valence-electron chi connectivity index (χ2n) is 9.88. The van der Waals surface area contributed by atoms with Gasteiger partial charge in [0.15, 0.2) is 0 Å². The highest BCUT2D eigenvalue weighted by molar-refractivity contribution is 5.91. The third kappa shape index (κ3) is 5.46. The van der Waals surface area contributed by atoms with E-state index in [1.165, 1.54) is 28.8 Å². The van der Waals surface area contributed by atoms with E-state index >= 15 is 0 Å². The summed E-state index contributed by atoms with van der Waals surface area (Å²) < 4.78 is 29.6. The van der Waals surface area contributed by atoms with E-state index in [1.807, 2.05) is 18.7 Å². The highest BCUT2D eigenvalue weighted by atomic mass is 19.3. The van der Waals surface area contributed by atoms with Crippen molar-refractivity contribution < 1.29 is 18.3 Å². The molecule has 0 saturated carbocycles. The van der Waals surface area contributed by atoms with Gasteiger partial charge < -0.3 is 19.9 Å². The Morgan fingerprint density at radius 2 is 1.92 bits per heavy atom. The maximum Gasteiger partial charge on any atom is 0.387 e. The molecule has 2 aliphatic rings. The van der Waals surface area contributed by atoms with E-state index in [0.29, 0.717) is 25.2 Å². The third-order valence-corrected chi connectivity index (χ3v) is 7.16. The molecule has 1 fully saturated rings. The molecule has 5 rings (SSSR count). The zero-order valence-electron chi connectivity index (χ0n) is 21.7. The number of amides is 2. The number of benzene rings is 2. The summed E-state index contributed by atoms with van der Waals surface area (Å²) in [7, 11) is 0. The third-order valence-electron chi connectivity index (χ3n) is 7.16. The summed E-state index contributed by atoms with van der Waals surface area (Å²) >= 11 is 0. The molecule has 0 unspecified atom stereocenters. The van der Waals surface area contributed by atoms with Gasteiger partial charge in [0.05, 0.1) is 11.7 Å². The molecule has 7 nitrogen and oxygen atoms in total. The van der Waals surface area contributed by atoms with Gasteiger partial charge in [-0.3, -0.25) is 0 Å². The van der Waals surface area contributed by atoms with Crippen molar-refractivity contribution >= 4 is 23.5 Å². The number of urea groups is 1. The second kappa shape index (κ2) is 10.8. The van der Waals surface area contributed by atoms with Gasteiger partial charge in [0.2, 0.25) is 0 Å². The SMILES string of the molecule is Cc1ccc(C2=Cc3c(ncnc3N3CCN(C(=O)N[C@@H](C)c4cccc(OC(F)F)c4)[C@H](C)C3)C2)cc1. The van der Waals surface area contributed by atoms with Crippen molar-refractivity contribution in [3.8, 4) is 5.75 Å². The maximum absolute atomic E-state index is 13.1. The van der Waals surface area contributed by atoms with Gasteiger partial charge in [0, 0.05) is 37.7 Å². The van der Waals surface area contributed by atoms with E-state index < -0.39 is 6.61 Å². The van der Waals surface area contributed by atoms with E-state index in [1.54, 1.807) is 18.5 Å². The standard InChI is InChI=1S/C29H31F2N5O2/c1-18-7-9-21(10-8-18)23-14-25-26(15-23)32-17-33-27(25)35-11-12-36(19(2)16-35)29(37)34-20(3)22-5-4-6-24(13-22)38-28(30)31/h4-10,13-14,17,19-20,28H,11-12,15-16H2,1-3H3,(H,34,37)/t19-,20+/m1/s1. The number of aryl methyl sites for hydroxylation is 1. The van der Waals surface area contributed by atoms with Crippen LogP contribution in [-0.4, -0.2) is 53.2 Å². The van der Waals surface area contributed by atoms with Crippen molar-refractivity contribution in [1.29, 1.82) is 0 Å².